The van der Waals surface area contributed by atoms with E-state index in [1.54, 1.807) is 0 Å². The van der Waals surface area contributed by atoms with Crippen LogP contribution in [0.4, 0.5) is 0 Å². The Labute approximate surface area is 99.2 Å². The predicted molar refractivity (Wildman–Crippen MR) is 56.8 cm³/mol. The van der Waals surface area contributed by atoms with Crippen molar-refractivity contribution >= 4 is 11.9 Å². The number of carbonyl (C=O) groups excluding carboxylic acids is 2. The van der Waals surface area contributed by atoms with E-state index in [0.717, 1.165) is 0 Å². The Morgan fingerprint density at radius 1 is 1.71 bits per heavy atom. The predicted octanol–water partition coefficient (Wildman–Crippen LogP) is 0.146. The first-order valence-electron chi connectivity index (χ1n) is 5.29. The molecule has 6 heteroatoms. The van der Waals surface area contributed by atoms with E-state index in [1.807, 2.05) is 0 Å². The van der Waals surface area contributed by atoms with E-state index in [9.17, 15) is 14.7 Å². The Kier molecular flexibility index (Phi) is 4.96. The molecule has 6 nitrogen and oxygen atoms in total. The van der Waals surface area contributed by atoms with Crippen molar-refractivity contribution in [2.45, 2.75) is 32.0 Å². The molecule has 96 valence electrons. The Bertz CT molecular complexity index is 322. The third kappa shape index (κ3) is 4.44. The Hall–Kier alpha value is -1.56. The van der Waals surface area contributed by atoms with Crippen LogP contribution < -0.4 is 0 Å². The molecule has 2 atom stereocenters. The lowest BCUT2D eigenvalue weighted by Gasteiger charge is -2.26. The van der Waals surface area contributed by atoms with Gasteiger partial charge in [-0.05, 0) is 0 Å². The summed E-state index contributed by atoms with van der Waals surface area (Å²) in [6, 6.07) is 0. The lowest BCUT2D eigenvalue weighted by molar-refractivity contribution is -0.154. The Balaban J connectivity index is 2.42. The molecule has 1 aliphatic rings. The number of cyclic esters (lactones) is 1. The molecule has 0 bridgehead atoms. The molecule has 1 heterocycles. The molecular weight excluding hydrogens is 228 g/mol. The normalized spacial score (nSPS) is 21.2. The van der Waals surface area contributed by atoms with Crippen molar-refractivity contribution in [1.29, 1.82) is 0 Å². The zero-order valence-corrected chi connectivity index (χ0v) is 9.84. The van der Waals surface area contributed by atoms with Crippen LogP contribution in [0.15, 0.2) is 11.8 Å². The monoisotopic (exact) mass is 244 g/mol. The minimum atomic E-state index is -0.878. The van der Waals surface area contributed by atoms with Crippen molar-refractivity contribution in [1.82, 2.24) is 0 Å². The second-order valence-electron chi connectivity index (χ2n) is 3.69. The van der Waals surface area contributed by atoms with Gasteiger partial charge in [0.05, 0.1) is 25.9 Å². The van der Waals surface area contributed by atoms with Gasteiger partial charge in [0.2, 0.25) is 0 Å². The molecule has 1 N–H and O–H groups in total. The number of carbonyl (C=O) groups is 2. The summed E-state index contributed by atoms with van der Waals surface area (Å²) in [6.07, 6.45) is 0.253. The summed E-state index contributed by atoms with van der Waals surface area (Å²) >= 11 is 0. The number of ether oxygens (including phenoxy) is 3. The highest BCUT2D eigenvalue weighted by atomic mass is 16.6. The Morgan fingerprint density at radius 3 is 3.00 bits per heavy atom. The Morgan fingerprint density at radius 2 is 2.41 bits per heavy atom. The fraction of sp³-hybridized carbons (Fsp3) is 0.636. The first-order chi connectivity index (χ1) is 8.02. The third-order valence-electron chi connectivity index (χ3n) is 2.36. The fourth-order valence-corrected chi connectivity index (χ4v) is 1.48. The molecule has 0 amide bonds. The van der Waals surface area contributed by atoms with Crippen LogP contribution in [0.1, 0.15) is 19.8 Å². The molecule has 0 aliphatic carbocycles. The van der Waals surface area contributed by atoms with Crippen molar-refractivity contribution < 1.29 is 28.9 Å². The van der Waals surface area contributed by atoms with Crippen LogP contribution in [-0.4, -0.2) is 43.0 Å². The van der Waals surface area contributed by atoms with Crippen LogP contribution in [0.25, 0.3) is 0 Å². The van der Waals surface area contributed by atoms with Gasteiger partial charge in [-0.3, -0.25) is 4.79 Å². The van der Waals surface area contributed by atoms with Gasteiger partial charge in [-0.1, -0.05) is 0 Å². The van der Waals surface area contributed by atoms with Gasteiger partial charge in [0, 0.05) is 19.8 Å². The minimum Gasteiger partial charge on any atom is -0.501 e. The summed E-state index contributed by atoms with van der Waals surface area (Å²) < 4.78 is 14.6. The van der Waals surface area contributed by atoms with Crippen LogP contribution in [0.2, 0.25) is 0 Å². The molecule has 1 aliphatic heterocycles. The molecule has 0 aromatic carbocycles. The van der Waals surface area contributed by atoms with E-state index in [0.29, 0.717) is 12.2 Å². The van der Waals surface area contributed by atoms with E-state index in [1.165, 1.54) is 20.1 Å². The van der Waals surface area contributed by atoms with Gasteiger partial charge in [0.1, 0.15) is 11.9 Å². The third-order valence-corrected chi connectivity index (χ3v) is 2.36. The number of hydrogen-bond acceptors (Lipinski definition) is 6. The van der Waals surface area contributed by atoms with E-state index in [-0.39, 0.29) is 13.0 Å². The highest BCUT2D eigenvalue weighted by Crippen LogP contribution is 2.20. The standard InChI is InChI=1S/C11H16O6/c1-7(12)16-4-3-9(13)10-5-8(15-2)6-11(14)17-10/h6,9-10,13H,3-5H2,1-2H3/t9-,10-/m0/s1. The maximum atomic E-state index is 11.2. The summed E-state index contributed by atoms with van der Waals surface area (Å²) in [7, 11) is 1.45. The number of aliphatic hydroxyl groups is 1. The van der Waals surface area contributed by atoms with Crippen molar-refractivity contribution in [2.24, 2.45) is 0 Å². The van der Waals surface area contributed by atoms with Gasteiger partial charge in [0.15, 0.2) is 0 Å². The SMILES string of the molecule is COC1=CC(=O)O[C@H]([C@@H](O)CCOC(C)=O)C1. The van der Waals surface area contributed by atoms with E-state index in [2.05, 4.69) is 0 Å². The van der Waals surface area contributed by atoms with Crippen molar-refractivity contribution in [2.75, 3.05) is 13.7 Å². The van der Waals surface area contributed by atoms with Crippen LogP contribution in [-0.2, 0) is 23.8 Å². The second-order valence-corrected chi connectivity index (χ2v) is 3.69. The van der Waals surface area contributed by atoms with Crippen molar-refractivity contribution in [3.05, 3.63) is 11.8 Å². The molecule has 0 aromatic heterocycles. The van der Waals surface area contributed by atoms with Gasteiger partial charge in [0.25, 0.3) is 0 Å². The second kappa shape index (κ2) is 6.24. The van der Waals surface area contributed by atoms with Crippen molar-refractivity contribution in [3.8, 4) is 0 Å². The molecule has 0 radical (unpaired) electrons. The smallest absolute Gasteiger partial charge is 0.334 e. The summed E-state index contributed by atoms with van der Waals surface area (Å²) in [5, 5.41) is 9.77. The molecule has 17 heavy (non-hydrogen) atoms. The highest BCUT2D eigenvalue weighted by molar-refractivity contribution is 5.83. The summed E-state index contributed by atoms with van der Waals surface area (Å²) in [6.45, 7) is 1.38. The average Bonchev–Trinajstić information content (AvgIpc) is 2.27. The number of rotatable bonds is 5. The molecule has 0 spiro atoms. The highest BCUT2D eigenvalue weighted by Gasteiger charge is 2.28. The van der Waals surface area contributed by atoms with Gasteiger partial charge in [-0.25, -0.2) is 4.79 Å². The number of esters is 2. The van der Waals surface area contributed by atoms with Crippen molar-refractivity contribution in [3.63, 3.8) is 0 Å². The zero-order chi connectivity index (χ0) is 12.8. The fourth-order valence-electron chi connectivity index (χ4n) is 1.48. The number of methoxy groups -OCH3 is 1. The average molecular weight is 244 g/mol. The topological polar surface area (TPSA) is 82.1 Å². The van der Waals surface area contributed by atoms with Gasteiger partial charge >= 0.3 is 11.9 Å². The van der Waals surface area contributed by atoms with Crippen LogP contribution in [0.5, 0.6) is 0 Å². The molecule has 0 unspecified atom stereocenters. The van der Waals surface area contributed by atoms with Gasteiger partial charge < -0.3 is 19.3 Å². The summed E-state index contributed by atoms with van der Waals surface area (Å²) in [5.74, 6) is -0.474. The first kappa shape index (κ1) is 13.5. The van der Waals surface area contributed by atoms with E-state index < -0.39 is 24.1 Å². The molecule has 0 saturated heterocycles. The van der Waals surface area contributed by atoms with Gasteiger partial charge in [-0.2, -0.15) is 0 Å². The van der Waals surface area contributed by atoms with E-state index >= 15 is 0 Å². The number of aliphatic hydroxyl groups excluding tert-OH is 1. The molecule has 0 aromatic rings. The van der Waals surface area contributed by atoms with E-state index in [4.69, 9.17) is 14.2 Å². The minimum absolute atomic E-state index is 0.0938. The van der Waals surface area contributed by atoms with Gasteiger partial charge in [-0.15, -0.1) is 0 Å². The number of hydrogen-bond donors (Lipinski definition) is 1. The molecule has 0 fully saturated rings. The summed E-state index contributed by atoms with van der Waals surface area (Å²) in [5.41, 5.74) is 0. The molecular formula is C11H16O6. The quantitative estimate of drug-likeness (QED) is 0.693. The molecule has 0 saturated carbocycles. The first-order valence-corrected chi connectivity index (χ1v) is 5.29. The van der Waals surface area contributed by atoms with Crippen LogP contribution in [0, 0.1) is 0 Å². The zero-order valence-electron chi connectivity index (χ0n) is 9.84. The molecule has 1 rings (SSSR count). The largest absolute Gasteiger partial charge is 0.501 e. The maximum absolute atomic E-state index is 11.2. The lowest BCUT2D eigenvalue weighted by atomic mass is 10.0. The van der Waals surface area contributed by atoms with Crippen LogP contribution in [0.3, 0.4) is 0 Å². The summed E-state index contributed by atoms with van der Waals surface area (Å²) in [4.78, 5) is 21.7. The maximum Gasteiger partial charge on any atom is 0.334 e. The van der Waals surface area contributed by atoms with Crippen LogP contribution >= 0.6 is 0 Å². The lowest BCUT2D eigenvalue weighted by Crippen LogP contribution is -2.35.